The SMILES string of the molecule is Cc1c2c(cc3c1O/C(=C\c1cccs1)C3=O)CN(CCCc1ccccc1)CO2. The van der Waals surface area contributed by atoms with E-state index in [4.69, 9.17) is 9.47 Å². The van der Waals surface area contributed by atoms with E-state index < -0.39 is 0 Å². The first kappa shape index (κ1) is 19.1. The van der Waals surface area contributed by atoms with Crippen LogP contribution in [0.15, 0.2) is 59.7 Å². The molecule has 0 radical (unpaired) electrons. The molecule has 3 heterocycles. The number of hydrogen-bond acceptors (Lipinski definition) is 5. The highest BCUT2D eigenvalue weighted by Gasteiger charge is 2.33. The van der Waals surface area contributed by atoms with E-state index in [2.05, 4.69) is 29.2 Å². The summed E-state index contributed by atoms with van der Waals surface area (Å²) in [6.45, 7) is 4.28. The molecule has 0 N–H and O–H groups in total. The monoisotopic (exact) mass is 417 g/mol. The van der Waals surface area contributed by atoms with Crippen LogP contribution in [0.5, 0.6) is 11.5 Å². The molecule has 0 bridgehead atoms. The van der Waals surface area contributed by atoms with E-state index in [1.165, 1.54) is 5.56 Å². The van der Waals surface area contributed by atoms with Gasteiger partial charge < -0.3 is 9.47 Å². The Labute approximate surface area is 180 Å². The number of thiophene rings is 1. The summed E-state index contributed by atoms with van der Waals surface area (Å²) >= 11 is 1.59. The topological polar surface area (TPSA) is 38.8 Å². The quantitative estimate of drug-likeness (QED) is 0.517. The van der Waals surface area contributed by atoms with Crippen molar-refractivity contribution in [3.8, 4) is 11.5 Å². The van der Waals surface area contributed by atoms with Crippen LogP contribution in [0.3, 0.4) is 0 Å². The summed E-state index contributed by atoms with van der Waals surface area (Å²) in [6.07, 6.45) is 3.95. The number of allylic oxidation sites excluding steroid dienone is 1. The van der Waals surface area contributed by atoms with Gasteiger partial charge in [0.25, 0.3) is 0 Å². The third kappa shape index (κ3) is 3.66. The predicted octanol–water partition coefficient (Wildman–Crippen LogP) is 5.46. The second kappa shape index (κ2) is 8.09. The number of rotatable bonds is 5. The lowest BCUT2D eigenvalue weighted by Gasteiger charge is -2.30. The summed E-state index contributed by atoms with van der Waals surface area (Å²) in [7, 11) is 0. The lowest BCUT2D eigenvalue weighted by atomic mass is 10.00. The minimum absolute atomic E-state index is 0.0505. The summed E-state index contributed by atoms with van der Waals surface area (Å²) in [5, 5.41) is 1.99. The molecule has 0 aliphatic carbocycles. The van der Waals surface area contributed by atoms with Crippen molar-refractivity contribution >= 4 is 23.2 Å². The number of aryl methyl sites for hydroxylation is 1. The molecule has 5 heteroatoms. The fourth-order valence-corrected chi connectivity index (χ4v) is 4.74. The first-order valence-electron chi connectivity index (χ1n) is 10.2. The molecule has 1 aromatic heterocycles. The Morgan fingerprint density at radius 3 is 2.80 bits per heavy atom. The van der Waals surface area contributed by atoms with Crippen molar-refractivity contribution in [2.45, 2.75) is 26.3 Å². The molecule has 0 amide bonds. The Kier molecular flexibility index (Phi) is 5.15. The highest BCUT2D eigenvalue weighted by molar-refractivity contribution is 7.10. The molecule has 0 atom stereocenters. The number of Topliss-reactive ketones (excluding diaryl/α,β-unsaturated/α-hetero) is 1. The molecule has 3 aromatic rings. The Hall–Kier alpha value is -2.89. The number of carbonyl (C=O) groups excluding carboxylic acids is 1. The molecule has 5 rings (SSSR count). The molecule has 0 spiro atoms. The average molecular weight is 418 g/mol. The van der Waals surface area contributed by atoms with Crippen molar-refractivity contribution in [1.82, 2.24) is 4.90 Å². The van der Waals surface area contributed by atoms with Gasteiger partial charge in [-0.25, -0.2) is 0 Å². The van der Waals surface area contributed by atoms with Crippen LogP contribution in [0.25, 0.3) is 6.08 Å². The van der Waals surface area contributed by atoms with Gasteiger partial charge in [-0.2, -0.15) is 0 Å². The highest BCUT2D eigenvalue weighted by Crippen LogP contribution is 2.43. The van der Waals surface area contributed by atoms with E-state index in [9.17, 15) is 4.79 Å². The van der Waals surface area contributed by atoms with Gasteiger partial charge >= 0.3 is 0 Å². The summed E-state index contributed by atoms with van der Waals surface area (Å²) in [5.41, 5.74) is 3.97. The van der Waals surface area contributed by atoms with Gasteiger partial charge in [0.2, 0.25) is 5.78 Å². The zero-order valence-corrected chi connectivity index (χ0v) is 17.7. The first-order valence-corrected chi connectivity index (χ1v) is 11.1. The maximum Gasteiger partial charge on any atom is 0.232 e. The summed E-state index contributed by atoms with van der Waals surface area (Å²) in [6, 6.07) is 16.4. The van der Waals surface area contributed by atoms with Gasteiger partial charge in [-0.15, -0.1) is 11.3 Å². The summed E-state index contributed by atoms with van der Waals surface area (Å²) in [4.78, 5) is 16.2. The highest BCUT2D eigenvalue weighted by atomic mass is 32.1. The minimum Gasteiger partial charge on any atom is -0.477 e. The largest absolute Gasteiger partial charge is 0.477 e. The van der Waals surface area contributed by atoms with Crippen LogP contribution in [0.1, 0.15) is 38.3 Å². The molecule has 30 heavy (non-hydrogen) atoms. The van der Waals surface area contributed by atoms with Crippen LogP contribution in [0.4, 0.5) is 0 Å². The number of nitrogens with zero attached hydrogens (tertiary/aromatic N) is 1. The number of benzene rings is 2. The Morgan fingerprint density at radius 1 is 1.13 bits per heavy atom. The Morgan fingerprint density at radius 2 is 2.00 bits per heavy atom. The Bertz CT molecular complexity index is 1100. The van der Waals surface area contributed by atoms with Crippen LogP contribution in [-0.4, -0.2) is 24.0 Å². The van der Waals surface area contributed by atoms with Gasteiger partial charge in [-0.05, 0) is 42.8 Å². The molecule has 0 saturated heterocycles. The lowest BCUT2D eigenvalue weighted by Crippen LogP contribution is -2.33. The number of ether oxygens (including phenoxy) is 2. The molecule has 152 valence electrons. The first-order chi connectivity index (χ1) is 14.7. The van der Waals surface area contributed by atoms with E-state index >= 15 is 0 Å². The standard InChI is InChI=1S/C25H23NO3S/c1-17-24-19(15-26(16-28-24)11-5-9-18-7-3-2-4-8-18)13-21-23(27)22(29-25(17)21)14-20-10-6-12-30-20/h2-4,6-8,10,12-14H,5,9,11,15-16H2,1H3/b22-14-. The fraction of sp³-hybridized carbons (Fsp3) is 0.240. The summed E-state index contributed by atoms with van der Waals surface area (Å²) in [5.74, 6) is 1.83. The maximum atomic E-state index is 12.9. The van der Waals surface area contributed by atoms with Crippen LogP contribution in [0.2, 0.25) is 0 Å². The average Bonchev–Trinajstić information content (AvgIpc) is 3.38. The van der Waals surface area contributed by atoms with E-state index in [1.54, 1.807) is 11.3 Å². The van der Waals surface area contributed by atoms with Crippen molar-refractivity contribution in [3.05, 3.63) is 86.8 Å². The number of hydrogen-bond donors (Lipinski definition) is 0. The van der Waals surface area contributed by atoms with E-state index in [0.29, 0.717) is 23.8 Å². The molecular weight excluding hydrogens is 394 g/mol. The lowest BCUT2D eigenvalue weighted by molar-refractivity contribution is 0.0932. The van der Waals surface area contributed by atoms with Crippen molar-refractivity contribution < 1.29 is 14.3 Å². The van der Waals surface area contributed by atoms with Crippen LogP contribution in [0, 0.1) is 6.92 Å². The predicted molar refractivity (Wildman–Crippen MR) is 119 cm³/mol. The zero-order chi connectivity index (χ0) is 20.5. The van der Waals surface area contributed by atoms with Gasteiger partial charge in [0, 0.05) is 35.2 Å². The second-order valence-electron chi connectivity index (χ2n) is 7.74. The molecule has 2 aromatic carbocycles. The van der Waals surface area contributed by atoms with E-state index in [1.807, 2.05) is 42.6 Å². The second-order valence-corrected chi connectivity index (χ2v) is 8.72. The Balaban J connectivity index is 1.31. The third-order valence-corrected chi connectivity index (χ3v) is 6.42. The van der Waals surface area contributed by atoms with Crippen LogP contribution >= 0.6 is 11.3 Å². The molecule has 0 saturated carbocycles. The molecule has 4 nitrogen and oxygen atoms in total. The van der Waals surface area contributed by atoms with Gasteiger partial charge in [0.05, 0.1) is 5.56 Å². The minimum atomic E-state index is -0.0505. The number of fused-ring (bicyclic) bond motifs is 2. The van der Waals surface area contributed by atoms with Gasteiger partial charge in [0.1, 0.15) is 18.2 Å². The van der Waals surface area contributed by atoms with Crippen LogP contribution < -0.4 is 9.47 Å². The van der Waals surface area contributed by atoms with Crippen molar-refractivity contribution in [2.24, 2.45) is 0 Å². The molecular formula is C25H23NO3S. The van der Waals surface area contributed by atoms with Crippen molar-refractivity contribution in [2.75, 3.05) is 13.3 Å². The van der Waals surface area contributed by atoms with Crippen molar-refractivity contribution in [1.29, 1.82) is 0 Å². The van der Waals surface area contributed by atoms with Gasteiger partial charge in [0.15, 0.2) is 5.76 Å². The van der Waals surface area contributed by atoms with Crippen molar-refractivity contribution in [3.63, 3.8) is 0 Å². The van der Waals surface area contributed by atoms with E-state index in [0.717, 1.165) is 47.7 Å². The fourth-order valence-electron chi connectivity index (χ4n) is 4.09. The molecule has 2 aliphatic heterocycles. The molecule has 2 aliphatic rings. The van der Waals surface area contributed by atoms with E-state index in [-0.39, 0.29) is 5.78 Å². The summed E-state index contributed by atoms with van der Waals surface area (Å²) < 4.78 is 12.0. The smallest absolute Gasteiger partial charge is 0.232 e. The molecule has 0 unspecified atom stereocenters. The normalized spacial score (nSPS) is 16.8. The third-order valence-electron chi connectivity index (χ3n) is 5.60. The number of carbonyl (C=O) groups is 1. The zero-order valence-electron chi connectivity index (χ0n) is 16.9. The van der Waals surface area contributed by atoms with Crippen LogP contribution in [-0.2, 0) is 13.0 Å². The van der Waals surface area contributed by atoms with Gasteiger partial charge in [-0.3, -0.25) is 9.69 Å². The van der Waals surface area contributed by atoms with Gasteiger partial charge in [-0.1, -0.05) is 36.4 Å². The maximum absolute atomic E-state index is 12.9. The molecule has 0 fully saturated rings. The number of ketones is 1.